The summed E-state index contributed by atoms with van der Waals surface area (Å²) in [6.07, 6.45) is 0.863. The van der Waals surface area contributed by atoms with E-state index in [4.69, 9.17) is 9.47 Å². The molecule has 0 radical (unpaired) electrons. The number of thioether (sulfide) groups is 1. The molecule has 0 bridgehead atoms. The molecule has 2 aromatic carbocycles. The van der Waals surface area contributed by atoms with Crippen molar-refractivity contribution >= 4 is 17.7 Å². The van der Waals surface area contributed by atoms with Crippen LogP contribution in [0.25, 0.3) is 11.4 Å². The predicted octanol–water partition coefficient (Wildman–Crippen LogP) is 3.53. The summed E-state index contributed by atoms with van der Waals surface area (Å²) in [6, 6.07) is 15.7. The highest BCUT2D eigenvalue weighted by atomic mass is 32.2. The highest BCUT2D eigenvalue weighted by Crippen LogP contribution is 2.34. The molecule has 0 atom stereocenters. The van der Waals surface area contributed by atoms with E-state index in [2.05, 4.69) is 15.5 Å². The van der Waals surface area contributed by atoms with Gasteiger partial charge in [-0.15, -0.1) is 10.2 Å². The lowest BCUT2D eigenvalue weighted by Gasteiger charge is -2.11. The lowest BCUT2D eigenvalue weighted by molar-refractivity contribution is -0.118. The first kappa shape index (κ1) is 20.3. The summed E-state index contributed by atoms with van der Waals surface area (Å²) < 4.78 is 13.5. The van der Waals surface area contributed by atoms with Crippen LogP contribution in [0, 0.1) is 0 Å². The standard InChI is InChI=1S/C22H24N4O3S/c1-2-26-21(17-9-10-18-19(13-17)29-12-6-11-28-18)24-25-22(26)30-15-20(27)23-14-16-7-4-3-5-8-16/h3-5,7-10,13H,2,6,11-12,14-15H2,1H3,(H,23,27). The van der Waals surface area contributed by atoms with E-state index in [0.717, 1.165) is 40.0 Å². The van der Waals surface area contributed by atoms with Crippen molar-refractivity contribution < 1.29 is 14.3 Å². The Kier molecular flexibility index (Phi) is 6.53. The molecule has 0 saturated heterocycles. The van der Waals surface area contributed by atoms with E-state index in [0.29, 0.717) is 26.3 Å². The molecule has 2 heterocycles. The number of nitrogens with one attached hydrogen (secondary N) is 1. The maximum Gasteiger partial charge on any atom is 0.230 e. The fourth-order valence-corrected chi connectivity index (χ4v) is 4.01. The predicted molar refractivity (Wildman–Crippen MR) is 116 cm³/mol. The Morgan fingerprint density at radius 2 is 1.90 bits per heavy atom. The SMILES string of the molecule is CCn1c(SCC(=O)NCc2ccccc2)nnc1-c1ccc2c(c1)OCCCO2. The van der Waals surface area contributed by atoms with Gasteiger partial charge in [-0.05, 0) is 30.7 Å². The third-order valence-corrected chi connectivity index (χ3v) is 5.67. The topological polar surface area (TPSA) is 78.3 Å². The van der Waals surface area contributed by atoms with Crippen LogP contribution in [-0.4, -0.2) is 39.6 Å². The van der Waals surface area contributed by atoms with Crippen LogP contribution in [0.4, 0.5) is 0 Å². The van der Waals surface area contributed by atoms with Crippen LogP contribution >= 0.6 is 11.8 Å². The second-order valence-corrected chi connectivity index (χ2v) is 7.76. The monoisotopic (exact) mass is 424 g/mol. The van der Waals surface area contributed by atoms with E-state index in [9.17, 15) is 4.79 Å². The summed E-state index contributed by atoms with van der Waals surface area (Å²) in [6.45, 7) is 4.55. The average molecular weight is 425 g/mol. The molecule has 1 N–H and O–H groups in total. The van der Waals surface area contributed by atoms with Crippen LogP contribution in [0.1, 0.15) is 18.9 Å². The van der Waals surface area contributed by atoms with E-state index in [-0.39, 0.29) is 11.7 Å². The lowest BCUT2D eigenvalue weighted by Crippen LogP contribution is -2.24. The number of hydrogen-bond donors (Lipinski definition) is 1. The summed E-state index contributed by atoms with van der Waals surface area (Å²) in [7, 11) is 0. The summed E-state index contributed by atoms with van der Waals surface area (Å²) in [4.78, 5) is 12.2. The first-order valence-corrected chi connectivity index (χ1v) is 11.0. The Morgan fingerprint density at radius 1 is 1.10 bits per heavy atom. The van der Waals surface area contributed by atoms with Crippen LogP contribution < -0.4 is 14.8 Å². The van der Waals surface area contributed by atoms with Gasteiger partial charge in [-0.1, -0.05) is 42.1 Å². The van der Waals surface area contributed by atoms with Gasteiger partial charge in [-0.25, -0.2) is 0 Å². The second kappa shape index (κ2) is 9.67. The van der Waals surface area contributed by atoms with E-state index in [1.807, 2.05) is 60.0 Å². The van der Waals surface area contributed by atoms with E-state index in [1.165, 1.54) is 11.8 Å². The van der Waals surface area contributed by atoms with Crippen LogP contribution in [0.5, 0.6) is 11.5 Å². The summed E-state index contributed by atoms with van der Waals surface area (Å²) in [5, 5.41) is 12.3. The van der Waals surface area contributed by atoms with Gasteiger partial charge in [0.2, 0.25) is 5.91 Å². The molecule has 0 aliphatic carbocycles. The molecule has 0 fully saturated rings. The molecule has 156 valence electrons. The zero-order valence-corrected chi connectivity index (χ0v) is 17.7. The van der Waals surface area contributed by atoms with Crippen molar-refractivity contribution in [3.05, 3.63) is 54.1 Å². The van der Waals surface area contributed by atoms with E-state index >= 15 is 0 Å². The maximum atomic E-state index is 12.2. The van der Waals surface area contributed by atoms with Gasteiger partial charge < -0.3 is 19.4 Å². The van der Waals surface area contributed by atoms with Gasteiger partial charge in [0, 0.05) is 25.1 Å². The Balaban J connectivity index is 1.42. The zero-order chi connectivity index (χ0) is 20.8. The summed E-state index contributed by atoms with van der Waals surface area (Å²) >= 11 is 1.38. The van der Waals surface area contributed by atoms with Crippen molar-refractivity contribution in [3.8, 4) is 22.9 Å². The number of nitrogens with zero attached hydrogens (tertiary/aromatic N) is 3. The minimum Gasteiger partial charge on any atom is -0.490 e. The molecule has 1 aliphatic heterocycles. The quantitative estimate of drug-likeness (QED) is 0.585. The number of aromatic nitrogens is 3. The Bertz CT molecular complexity index is 1010. The summed E-state index contributed by atoms with van der Waals surface area (Å²) in [5.74, 6) is 2.48. The molecule has 1 amide bonds. The van der Waals surface area contributed by atoms with Gasteiger partial charge in [0.1, 0.15) is 0 Å². The minimum absolute atomic E-state index is 0.0355. The van der Waals surface area contributed by atoms with Crippen molar-refractivity contribution in [3.63, 3.8) is 0 Å². The van der Waals surface area contributed by atoms with Crippen molar-refractivity contribution in [2.24, 2.45) is 0 Å². The number of fused-ring (bicyclic) bond motifs is 1. The molecule has 0 unspecified atom stereocenters. The van der Waals surface area contributed by atoms with Crippen LogP contribution in [0.15, 0.2) is 53.7 Å². The number of amides is 1. The van der Waals surface area contributed by atoms with Gasteiger partial charge in [0.15, 0.2) is 22.5 Å². The lowest BCUT2D eigenvalue weighted by atomic mass is 10.2. The second-order valence-electron chi connectivity index (χ2n) is 6.81. The van der Waals surface area contributed by atoms with Gasteiger partial charge in [-0.3, -0.25) is 4.79 Å². The number of hydrogen-bond acceptors (Lipinski definition) is 6. The Morgan fingerprint density at radius 3 is 2.70 bits per heavy atom. The maximum absolute atomic E-state index is 12.2. The molecule has 7 nitrogen and oxygen atoms in total. The molecule has 0 saturated carbocycles. The molecule has 0 spiro atoms. The van der Waals surface area contributed by atoms with Crippen molar-refractivity contribution in [1.29, 1.82) is 0 Å². The first-order valence-electron chi connectivity index (χ1n) is 10.0. The van der Waals surface area contributed by atoms with Crippen LogP contribution in [0.2, 0.25) is 0 Å². The highest BCUT2D eigenvalue weighted by Gasteiger charge is 2.17. The van der Waals surface area contributed by atoms with Crippen LogP contribution in [0.3, 0.4) is 0 Å². The van der Waals surface area contributed by atoms with Crippen LogP contribution in [-0.2, 0) is 17.9 Å². The minimum atomic E-state index is -0.0355. The van der Waals surface area contributed by atoms with Gasteiger partial charge >= 0.3 is 0 Å². The van der Waals surface area contributed by atoms with Gasteiger partial charge in [0.05, 0.1) is 19.0 Å². The van der Waals surface area contributed by atoms with Gasteiger partial charge in [-0.2, -0.15) is 0 Å². The molecule has 1 aliphatic rings. The average Bonchev–Trinajstić information content (AvgIpc) is 3.05. The number of carbonyl (C=O) groups excluding carboxylic acids is 1. The number of benzene rings is 2. The highest BCUT2D eigenvalue weighted by molar-refractivity contribution is 7.99. The number of carbonyl (C=O) groups is 1. The largest absolute Gasteiger partial charge is 0.490 e. The number of rotatable bonds is 7. The molecule has 30 heavy (non-hydrogen) atoms. The van der Waals surface area contributed by atoms with Crippen molar-refractivity contribution in [1.82, 2.24) is 20.1 Å². The molecular weight excluding hydrogens is 400 g/mol. The number of ether oxygens (including phenoxy) is 2. The normalized spacial score (nSPS) is 13.0. The molecule has 1 aromatic heterocycles. The Labute approximate surface area is 179 Å². The molecule has 3 aromatic rings. The molecule has 4 rings (SSSR count). The smallest absolute Gasteiger partial charge is 0.230 e. The zero-order valence-electron chi connectivity index (χ0n) is 16.8. The molecular formula is C22H24N4O3S. The molecule has 8 heteroatoms. The van der Waals surface area contributed by atoms with Gasteiger partial charge in [0.25, 0.3) is 0 Å². The fourth-order valence-electron chi connectivity index (χ4n) is 3.17. The third-order valence-electron chi connectivity index (χ3n) is 4.70. The third kappa shape index (κ3) is 4.76. The first-order chi connectivity index (χ1) is 14.7. The van der Waals surface area contributed by atoms with Crippen molar-refractivity contribution in [2.45, 2.75) is 31.6 Å². The van der Waals surface area contributed by atoms with E-state index < -0.39 is 0 Å². The fraction of sp³-hybridized carbons (Fsp3) is 0.318. The summed E-state index contributed by atoms with van der Waals surface area (Å²) in [5.41, 5.74) is 1.98. The van der Waals surface area contributed by atoms with E-state index in [1.54, 1.807) is 0 Å². The Hall–Kier alpha value is -3.00. The van der Waals surface area contributed by atoms with Crippen molar-refractivity contribution in [2.75, 3.05) is 19.0 Å².